The van der Waals surface area contributed by atoms with Crippen LogP contribution in [0.4, 0.5) is 0 Å². The fraction of sp³-hybridized carbons (Fsp3) is 0.250. The first-order chi connectivity index (χ1) is 13.9. The van der Waals surface area contributed by atoms with E-state index in [2.05, 4.69) is 27.9 Å². The number of carbonyl (C=O) groups excluding carboxylic acids is 1. The second kappa shape index (κ2) is 7.59. The molecule has 0 saturated carbocycles. The van der Waals surface area contributed by atoms with E-state index in [1.807, 2.05) is 56.3 Å². The third kappa shape index (κ3) is 3.68. The number of carbonyl (C=O) groups is 1. The van der Waals surface area contributed by atoms with Gasteiger partial charge >= 0.3 is 0 Å². The van der Waals surface area contributed by atoms with Crippen LogP contribution in [0, 0.1) is 20.8 Å². The molecule has 4 rings (SSSR count). The predicted molar refractivity (Wildman–Crippen MR) is 116 cm³/mol. The summed E-state index contributed by atoms with van der Waals surface area (Å²) in [5, 5.41) is 2.13. The van der Waals surface area contributed by atoms with Gasteiger partial charge in [-0.05, 0) is 44.0 Å². The molecule has 0 aliphatic heterocycles. The van der Waals surface area contributed by atoms with E-state index in [1.165, 1.54) is 0 Å². The van der Waals surface area contributed by atoms with E-state index >= 15 is 0 Å². The lowest BCUT2D eigenvalue weighted by Gasteiger charge is -2.19. The number of rotatable bonds is 4. The van der Waals surface area contributed by atoms with E-state index in [0.717, 1.165) is 44.3 Å². The number of para-hydroxylation sites is 2. The Kier molecular flexibility index (Phi) is 4.97. The fourth-order valence-electron chi connectivity index (χ4n) is 3.78. The van der Waals surface area contributed by atoms with E-state index in [0.29, 0.717) is 18.8 Å². The summed E-state index contributed by atoms with van der Waals surface area (Å²) in [5.41, 5.74) is 5.81. The van der Waals surface area contributed by atoms with Crippen LogP contribution in [0.25, 0.3) is 21.8 Å². The highest BCUT2D eigenvalue weighted by Crippen LogP contribution is 2.23. The van der Waals surface area contributed by atoms with Gasteiger partial charge in [0.1, 0.15) is 5.82 Å². The third-order valence-corrected chi connectivity index (χ3v) is 5.46. The third-order valence-electron chi connectivity index (χ3n) is 5.46. The molecule has 0 bridgehead atoms. The molecule has 0 saturated heterocycles. The molecule has 0 spiro atoms. The van der Waals surface area contributed by atoms with Gasteiger partial charge in [-0.15, -0.1) is 0 Å². The number of likely N-dealkylation sites (N-methyl/N-ethyl adjacent to an activating group) is 1. The molecule has 5 nitrogen and oxygen atoms in total. The number of aryl methyl sites for hydroxylation is 3. The van der Waals surface area contributed by atoms with Gasteiger partial charge in [0.2, 0.25) is 5.91 Å². The van der Waals surface area contributed by atoms with Gasteiger partial charge < -0.3 is 4.90 Å². The molecule has 5 heteroatoms. The zero-order chi connectivity index (χ0) is 20.5. The molecule has 0 N–H and O–H groups in total. The molecular formula is C24H24N4O. The lowest BCUT2D eigenvalue weighted by atomic mass is 9.99. The lowest BCUT2D eigenvalue weighted by molar-refractivity contribution is -0.129. The van der Waals surface area contributed by atoms with Crippen molar-refractivity contribution >= 4 is 27.7 Å². The van der Waals surface area contributed by atoms with Crippen molar-refractivity contribution < 1.29 is 4.79 Å². The Balaban J connectivity index is 1.57. The second-order valence-electron chi connectivity index (χ2n) is 7.49. The molecule has 0 fully saturated rings. The fourth-order valence-corrected chi connectivity index (χ4v) is 3.78. The second-order valence-corrected chi connectivity index (χ2v) is 7.49. The van der Waals surface area contributed by atoms with E-state index in [1.54, 1.807) is 11.9 Å². The Morgan fingerprint density at radius 2 is 1.45 bits per heavy atom. The summed E-state index contributed by atoms with van der Waals surface area (Å²) in [7, 11) is 1.80. The number of hydrogen-bond donors (Lipinski definition) is 0. The van der Waals surface area contributed by atoms with Crippen molar-refractivity contribution in [3.05, 3.63) is 76.9 Å². The van der Waals surface area contributed by atoms with E-state index in [4.69, 9.17) is 0 Å². The largest absolute Gasteiger partial charge is 0.338 e. The monoisotopic (exact) mass is 384 g/mol. The topological polar surface area (TPSA) is 59.0 Å². The summed E-state index contributed by atoms with van der Waals surface area (Å²) in [6, 6.07) is 16.0. The number of hydrogen-bond acceptors (Lipinski definition) is 4. The maximum atomic E-state index is 12.9. The highest BCUT2D eigenvalue weighted by molar-refractivity contribution is 5.86. The average molecular weight is 384 g/mol. The number of amides is 1. The Morgan fingerprint density at radius 3 is 2.17 bits per heavy atom. The first-order valence-corrected chi connectivity index (χ1v) is 9.75. The van der Waals surface area contributed by atoms with Crippen LogP contribution in [0.5, 0.6) is 0 Å². The first kappa shape index (κ1) is 19.0. The van der Waals surface area contributed by atoms with Crippen LogP contribution >= 0.6 is 0 Å². The predicted octanol–water partition coefficient (Wildman–Crippen LogP) is 4.30. The first-order valence-electron chi connectivity index (χ1n) is 9.75. The van der Waals surface area contributed by atoms with Crippen molar-refractivity contribution in [2.45, 2.75) is 33.7 Å². The van der Waals surface area contributed by atoms with Crippen molar-refractivity contribution in [3.8, 4) is 0 Å². The van der Waals surface area contributed by atoms with Crippen molar-refractivity contribution in [2.75, 3.05) is 7.05 Å². The zero-order valence-corrected chi connectivity index (χ0v) is 17.2. The summed E-state index contributed by atoms with van der Waals surface area (Å²) >= 11 is 0. The molecular weight excluding hydrogens is 360 g/mol. The van der Waals surface area contributed by atoms with Crippen molar-refractivity contribution in [3.63, 3.8) is 0 Å². The van der Waals surface area contributed by atoms with Gasteiger partial charge in [-0.3, -0.25) is 9.78 Å². The normalized spacial score (nSPS) is 11.2. The quantitative estimate of drug-likeness (QED) is 0.526. The van der Waals surface area contributed by atoms with Gasteiger partial charge in [0.15, 0.2) is 0 Å². The van der Waals surface area contributed by atoms with Gasteiger partial charge in [-0.2, -0.15) is 0 Å². The van der Waals surface area contributed by atoms with Crippen molar-refractivity contribution in [1.29, 1.82) is 0 Å². The lowest BCUT2D eigenvalue weighted by Crippen LogP contribution is -2.29. The number of pyridine rings is 1. The molecule has 0 unspecified atom stereocenters. The molecule has 0 atom stereocenters. The standard InChI is InChI=1S/C24H24N4O/c1-15-18-9-5-7-11-21(18)25-17(3)20(15)13-24(29)28(4)14-23-26-16(2)19-10-6-8-12-22(19)27-23/h5-12H,13-14H2,1-4H3. The molecule has 0 aliphatic rings. The maximum absolute atomic E-state index is 12.9. The summed E-state index contributed by atoms with van der Waals surface area (Å²) in [6.07, 6.45) is 0.318. The maximum Gasteiger partial charge on any atom is 0.227 e. The van der Waals surface area contributed by atoms with Crippen LogP contribution in [0.15, 0.2) is 48.5 Å². The minimum absolute atomic E-state index is 0.0303. The average Bonchev–Trinajstić information content (AvgIpc) is 2.71. The molecule has 1 amide bonds. The number of fused-ring (bicyclic) bond motifs is 2. The Hall–Kier alpha value is -3.34. The molecule has 0 radical (unpaired) electrons. The smallest absolute Gasteiger partial charge is 0.227 e. The zero-order valence-electron chi connectivity index (χ0n) is 17.2. The van der Waals surface area contributed by atoms with E-state index < -0.39 is 0 Å². The summed E-state index contributed by atoms with van der Waals surface area (Å²) in [4.78, 5) is 28.5. The van der Waals surface area contributed by atoms with E-state index in [-0.39, 0.29) is 5.91 Å². The van der Waals surface area contributed by atoms with Crippen LogP contribution in [0.1, 0.15) is 28.3 Å². The SMILES string of the molecule is Cc1nc2ccccc2c(C)c1CC(=O)N(C)Cc1nc(C)c2ccccc2n1. The highest BCUT2D eigenvalue weighted by Gasteiger charge is 2.17. The van der Waals surface area contributed by atoms with E-state index in [9.17, 15) is 4.79 Å². The van der Waals surface area contributed by atoms with Gasteiger partial charge in [0, 0.05) is 29.2 Å². The van der Waals surface area contributed by atoms with Crippen LogP contribution in [0.2, 0.25) is 0 Å². The highest BCUT2D eigenvalue weighted by atomic mass is 16.2. The summed E-state index contributed by atoms with van der Waals surface area (Å²) in [6.45, 7) is 6.39. The molecule has 2 heterocycles. The van der Waals surface area contributed by atoms with Crippen LogP contribution in [-0.4, -0.2) is 32.8 Å². The minimum Gasteiger partial charge on any atom is -0.338 e. The molecule has 2 aromatic heterocycles. The number of benzene rings is 2. The molecule has 4 aromatic rings. The summed E-state index contributed by atoms with van der Waals surface area (Å²) in [5.74, 6) is 0.685. The van der Waals surface area contributed by atoms with Crippen LogP contribution < -0.4 is 0 Å². The molecule has 2 aromatic carbocycles. The summed E-state index contributed by atoms with van der Waals surface area (Å²) < 4.78 is 0. The van der Waals surface area contributed by atoms with Gasteiger partial charge in [-0.1, -0.05) is 36.4 Å². The Morgan fingerprint density at radius 1 is 0.828 bits per heavy atom. The Bertz CT molecular complexity index is 1230. The van der Waals surface area contributed by atoms with Crippen LogP contribution in [0.3, 0.4) is 0 Å². The minimum atomic E-state index is 0.0303. The number of nitrogens with zero attached hydrogens (tertiary/aromatic N) is 4. The van der Waals surface area contributed by atoms with Crippen molar-refractivity contribution in [1.82, 2.24) is 19.9 Å². The number of aromatic nitrogens is 3. The van der Waals surface area contributed by atoms with Gasteiger partial charge in [0.05, 0.1) is 24.0 Å². The molecule has 29 heavy (non-hydrogen) atoms. The Labute approximate surface area is 170 Å². The van der Waals surface area contributed by atoms with Gasteiger partial charge in [-0.25, -0.2) is 9.97 Å². The van der Waals surface area contributed by atoms with Crippen molar-refractivity contribution in [2.24, 2.45) is 0 Å². The molecule has 0 aliphatic carbocycles. The van der Waals surface area contributed by atoms with Crippen LogP contribution in [-0.2, 0) is 17.8 Å². The van der Waals surface area contributed by atoms with Gasteiger partial charge in [0.25, 0.3) is 0 Å². The molecule has 146 valence electrons.